The van der Waals surface area contributed by atoms with Gasteiger partial charge in [-0.2, -0.15) is 0 Å². The molecule has 0 aromatic heterocycles. The fourth-order valence-corrected chi connectivity index (χ4v) is 3.02. The second-order valence-corrected chi connectivity index (χ2v) is 6.24. The average molecular weight is 368 g/mol. The lowest BCUT2D eigenvalue weighted by molar-refractivity contribution is -0.113. The maximum atomic E-state index is 13.2. The van der Waals surface area contributed by atoms with Crippen molar-refractivity contribution >= 4 is 29.5 Å². The first-order valence-corrected chi connectivity index (χ1v) is 8.72. The van der Waals surface area contributed by atoms with E-state index >= 15 is 0 Å². The zero-order valence-corrected chi connectivity index (χ0v) is 14.8. The van der Waals surface area contributed by atoms with Crippen LogP contribution >= 0.6 is 0 Å². The third-order valence-corrected chi connectivity index (χ3v) is 4.35. The van der Waals surface area contributed by atoms with Crippen molar-refractivity contribution in [2.24, 2.45) is 4.99 Å². The van der Waals surface area contributed by atoms with E-state index in [2.05, 4.69) is 4.99 Å². The minimum atomic E-state index is -1.05. The van der Waals surface area contributed by atoms with Crippen LogP contribution in [0, 0.1) is 0 Å². The summed E-state index contributed by atoms with van der Waals surface area (Å²) in [5, 5.41) is 9.30. The number of benzene rings is 3. The molecule has 0 spiro atoms. The first-order valence-electron chi connectivity index (χ1n) is 8.72. The van der Waals surface area contributed by atoms with Crippen molar-refractivity contribution in [2.45, 2.75) is 0 Å². The van der Waals surface area contributed by atoms with Gasteiger partial charge in [0.05, 0.1) is 11.3 Å². The fraction of sp³-hybridized carbons (Fsp3) is 0. The highest BCUT2D eigenvalue weighted by Crippen LogP contribution is 2.28. The van der Waals surface area contributed by atoms with E-state index in [1.54, 1.807) is 18.2 Å². The first kappa shape index (κ1) is 17.4. The van der Waals surface area contributed by atoms with Crippen LogP contribution in [0.15, 0.2) is 95.6 Å². The number of hydrogen-bond acceptors (Lipinski definition) is 3. The summed E-state index contributed by atoms with van der Waals surface area (Å²) in [4.78, 5) is 30.6. The van der Waals surface area contributed by atoms with Gasteiger partial charge in [0.1, 0.15) is 11.5 Å². The molecule has 0 atom stereocenters. The molecule has 0 saturated heterocycles. The highest BCUT2D eigenvalue weighted by atomic mass is 16.4. The summed E-state index contributed by atoms with van der Waals surface area (Å²) in [6.07, 6.45) is 1.73. The maximum Gasteiger partial charge on any atom is 0.335 e. The van der Waals surface area contributed by atoms with Gasteiger partial charge in [0.15, 0.2) is 0 Å². The molecule has 28 heavy (non-hydrogen) atoms. The third-order valence-electron chi connectivity index (χ3n) is 4.35. The lowest BCUT2D eigenvalue weighted by atomic mass is 10.1. The molecule has 1 heterocycles. The smallest absolute Gasteiger partial charge is 0.335 e. The Morgan fingerprint density at radius 3 is 2.25 bits per heavy atom. The fourth-order valence-electron chi connectivity index (χ4n) is 3.02. The van der Waals surface area contributed by atoms with Gasteiger partial charge >= 0.3 is 5.97 Å². The van der Waals surface area contributed by atoms with Crippen LogP contribution in [0.4, 0.5) is 5.69 Å². The average Bonchev–Trinajstić information content (AvgIpc) is 3.05. The summed E-state index contributed by atoms with van der Waals surface area (Å²) in [6, 6.07) is 25.1. The van der Waals surface area contributed by atoms with Crippen molar-refractivity contribution in [2.75, 3.05) is 4.90 Å². The van der Waals surface area contributed by atoms with Crippen molar-refractivity contribution in [3.8, 4) is 0 Å². The summed E-state index contributed by atoms with van der Waals surface area (Å²) in [5.41, 5.74) is 2.50. The Morgan fingerprint density at radius 1 is 0.893 bits per heavy atom. The Kier molecular flexibility index (Phi) is 4.56. The number of nitrogens with zero attached hydrogens (tertiary/aromatic N) is 2. The summed E-state index contributed by atoms with van der Waals surface area (Å²) in [6.45, 7) is 0. The van der Waals surface area contributed by atoms with Crippen molar-refractivity contribution in [3.05, 3.63) is 107 Å². The van der Waals surface area contributed by atoms with E-state index in [1.165, 1.54) is 17.0 Å². The predicted molar refractivity (Wildman–Crippen MR) is 108 cm³/mol. The Labute approximate surface area is 161 Å². The summed E-state index contributed by atoms with van der Waals surface area (Å²) >= 11 is 0. The van der Waals surface area contributed by atoms with Gasteiger partial charge in [0, 0.05) is 5.56 Å². The van der Waals surface area contributed by atoms with Crippen molar-refractivity contribution in [1.29, 1.82) is 0 Å². The van der Waals surface area contributed by atoms with Crippen LogP contribution in [-0.2, 0) is 4.79 Å². The van der Waals surface area contributed by atoms with Gasteiger partial charge in [-0.15, -0.1) is 0 Å². The van der Waals surface area contributed by atoms with Gasteiger partial charge < -0.3 is 5.11 Å². The molecule has 0 aliphatic carbocycles. The third kappa shape index (κ3) is 3.33. The zero-order chi connectivity index (χ0) is 19.5. The molecule has 3 aromatic carbocycles. The molecule has 0 fully saturated rings. The summed E-state index contributed by atoms with van der Waals surface area (Å²) < 4.78 is 0. The van der Waals surface area contributed by atoms with Crippen LogP contribution in [0.25, 0.3) is 6.08 Å². The largest absolute Gasteiger partial charge is 0.478 e. The van der Waals surface area contributed by atoms with Gasteiger partial charge in [0.25, 0.3) is 5.91 Å². The zero-order valence-electron chi connectivity index (χ0n) is 14.8. The van der Waals surface area contributed by atoms with Gasteiger partial charge in [-0.3, -0.25) is 9.69 Å². The first-order chi connectivity index (χ1) is 13.6. The van der Waals surface area contributed by atoms with Crippen LogP contribution in [0.1, 0.15) is 21.5 Å². The molecule has 3 aromatic rings. The summed E-state index contributed by atoms with van der Waals surface area (Å²) in [7, 11) is 0. The molecule has 1 aliphatic rings. The van der Waals surface area contributed by atoms with Gasteiger partial charge in [-0.1, -0.05) is 66.7 Å². The molecule has 0 unspecified atom stereocenters. The quantitative estimate of drug-likeness (QED) is 0.701. The molecule has 5 heteroatoms. The van der Waals surface area contributed by atoms with Crippen LogP contribution in [0.2, 0.25) is 0 Å². The second-order valence-electron chi connectivity index (χ2n) is 6.24. The number of anilines is 1. The molecule has 5 nitrogen and oxygen atoms in total. The highest BCUT2D eigenvalue weighted by molar-refractivity contribution is 6.33. The van der Waals surface area contributed by atoms with E-state index in [-0.39, 0.29) is 11.5 Å². The van der Waals surface area contributed by atoms with E-state index in [4.69, 9.17) is 0 Å². The molecule has 0 radical (unpaired) electrons. The van der Waals surface area contributed by atoms with Crippen LogP contribution in [0.5, 0.6) is 0 Å². The molecule has 4 rings (SSSR count). The predicted octanol–water partition coefficient (Wildman–Crippen LogP) is 4.22. The van der Waals surface area contributed by atoms with E-state index in [0.717, 1.165) is 11.1 Å². The number of carboxylic acid groups (broad SMARTS) is 1. The van der Waals surface area contributed by atoms with Crippen molar-refractivity contribution < 1.29 is 14.7 Å². The number of aromatic carboxylic acids is 1. The molecular weight excluding hydrogens is 352 g/mol. The van der Waals surface area contributed by atoms with E-state index in [0.29, 0.717) is 17.2 Å². The minimum absolute atomic E-state index is 0.109. The molecule has 0 bridgehead atoms. The topological polar surface area (TPSA) is 70.0 Å². The lowest BCUT2D eigenvalue weighted by Gasteiger charge is -2.19. The molecule has 1 N–H and O–H groups in total. The van der Waals surface area contributed by atoms with E-state index < -0.39 is 5.97 Å². The Hall–Kier alpha value is -3.99. The van der Waals surface area contributed by atoms with Crippen molar-refractivity contribution in [1.82, 2.24) is 0 Å². The standard InChI is InChI=1S/C23H16N2O3/c26-22-20(14-16-8-3-1-4-9-16)24-21(17-10-5-2-6-11-17)25(22)19-13-7-12-18(15-19)23(27)28/h1-15H,(H,27,28). The minimum Gasteiger partial charge on any atom is -0.478 e. The normalized spacial score (nSPS) is 15.0. The van der Waals surface area contributed by atoms with Gasteiger partial charge in [-0.05, 0) is 29.8 Å². The van der Waals surface area contributed by atoms with Crippen LogP contribution in [-0.4, -0.2) is 22.8 Å². The van der Waals surface area contributed by atoms with Crippen LogP contribution < -0.4 is 4.90 Å². The lowest BCUT2D eigenvalue weighted by Crippen LogP contribution is -2.32. The molecule has 1 amide bonds. The Bertz CT molecular complexity index is 1100. The highest BCUT2D eigenvalue weighted by Gasteiger charge is 2.32. The van der Waals surface area contributed by atoms with Gasteiger partial charge in [0.2, 0.25) is 0 Å². The number of rotatable bonds is 4. The number of amides is 1. The number of carboxylic acids is 1. The Balaban J connectivity index is 1.84. The molecule has 0 saturated carbocycles. The van der Waals surface area contributed by atoms with Crippen molar-refractivity contribution in [3.63, 3.8) is 0 Å². The number of hydrogen-bond donors (Lipinski definition) is 1. The van der Waals surface area contributed by atoms with E-state index in [1.807, 2.05) is 60.7 Å². The van der Waals surface area contributed by atoms with E-state index in [9.17, 15) is 14.7 Å². The number of amidine groups is 1. The molecular formula is C23H16N2O3. The van der Waals surface area contributed by atoms with Gasteiger partial charge in [-0.25, -0.2) is 9.79 Å². The number of aliphatic imine (C=N–C) groups is 1. The maximum absolute atomic E-state index is 13.2. The Morgan fingerprint density at radius 2 is 1.57 bits per heavy atom. The number of carbonyl (C=O) groups excluding carboxylic acids is 1. The molecule has 1 aliphatic heterocycles. The SMILES string of the molecule is O=C(O)c1cccc(N2C(=O)C(=Cc3ccccc3)N=C2c2ccccc2)c1. The monoisotopic (exact) mass is 368 g/mol. The number of carbonyl (C=O) groups is 2. The summed E-state index contributed by atoms with van der Waals surface area (Å²) in [5.74, 6) is -0.882. The second kappa shape index (κ2) is 7.32. The molecule has 136 valence electrons. The van der Waals surface area contributed by atoms with Crippen LogP contribution in [0.3, 0.4) is 0 Å².